The lowest BCUT2D eigenvalue weighted by molar-refractivity contribution is -0.141. The molecule has 6 heteroatoms. The van der Waals surface area contributed by atoms with E-state index >= 15 is 0 Å². The summed E-state index contributed by atoms with van der Waals surface area (Å²) in [5.74, 6) is 0.250. The Morgan fingerprint density at radius 3 is 2.55 bits per heavy atom. The molecule has 0 aromatic heterocycles. The topological polar surface area (TPSA) is 67.8 Å². The summed E-state index contributed by atoms with van der Waals surface area (Å²) >= 11 is 6.47. The number of benzene rings is 1. The van der Waals surface area contributed by atoms with Crippen molar-refractivity contribution in [2.24, 2.45) is 5.92 Å². The molecule has 1 saturated heterocycles. The van der Waals surface area contributed by atoms with Crippen molar-refractivity contribution in [1.82, 2.24) is 5.32 Å². The van der Waals surface area contributed by atoms with Crippen LogP contribution in [0.2, 0.25) is 5.02 Å². The van der Waals surface area contributed by atoms with Crippen molar-refractivity contribution in [2.75, 3.05) is 20.8 Å². The number of carbonyl (C=O) groups is 1. The summed E-state index contributed by atoms with van der Waals surface area (Å²) in [5.41, 5.74) is 1.88. The van der Waals surface area contributed by atoms with Crippen LogP contribution in [0.5, 0.6) is 11.5 Å². The molecule has 2 atom stereocenters. The molecule has 0 spiro atoms. The second-order valence-electron chi connectivity index (χ2n) is 5.81. The molecule has 1 heterocycles. The molecule has 2 unspecified atom stereocenters. The third-order valence-corrected chi connectivity index (χ3v) is 4.42. The molecule has 1 aromatic carbocycles. The first-order chi connectivity index (χ1) is 10.4. The zero-order chi connectivity index (χ0) is 16.4. The Morgan fingerprint density at radius 2 is 2.09 bits per heavy atom. The molecule has 2 N–H and O–H groups in total. The quantitative estimate of drug-likeness (QED) is 0.869. The highest BCUT2D eigenvalue weighted by molar-refractivity contribution is 6.31. The number of carboxylic acids is 1. The second-order valence-corrected chi connectivity index (χ2v) is 6.21. The lowest BCUT2D eigenvalue weighted by Gasteiger charge is -2.24. The number of carboxylic acid groups (broad SMARTS) is 1. The third-order valence-electron chi connectivity index (χ3n) is 4.10. The summed E-state index contributed by atoms with van der Waals surface area (Å²) in [6, 6.07) is 1.64. The first kappa shape index (κ1) is 16.9. The number of nitrogens with one attached hydrogen (secondary N) is 1. The Bertz CT molecular complexity index is 574. The van der Waals surface area contributed by atoms with E-state index in [2.05, 4.69) is 19.2 Å². The van der Waals surface area contributed by atoms with Gasteiger partial charge in [-0.1, -0.05) is 25.4 Å². The summed E-state index contributed by atoms with van der Waals surface area (Å²) in [6.07, 6.45) is 0.518. The van der Waals surface area contributed by atoms with Gasteiger partial charge in [-0.3, -0.25) is 4.79 Å². The van der Waals surface area contributed by atoms with E-state index in [9.17, 15) is 9.90 Å². The largest absolute Gasteiger partial charge is 0.493 e. The van der Waals surface area contributed by atoms with E-state index in [1.807, 2.05) is 0 Å². The van der Waals surface area contributed by atoms with Crippen molar-refractivity contribution in [3.8, 4) is 11.5 Å². The number of hydrogen-bond acceptors (Lipinski definition) is 4. The molecule has 0 bridgehead atoms. The second kappa shape index (κ2) is 6.75. The van der Waals surface area contributed by atoms with Gasteiger partial charge >= 0.3 is 5.97 Å². The lowest BCUT2D eigenvalue weighted by Crippen LogP contribution is -2.18. The third kappa shape index (κ3) is 3.01. The maximum atomic E-state index is 11.2. The first-order valence-corrected chi connectivity index (χ1v) is 7.68. The van der Waals surface area contributed by atoms with E-state index < -0.39 is 11.9 Å². The Labute approximate surface area is 135 Å². The molecule has 0 amide bonds. The molecular weight excluding hydrogens is 306 g/mol. The number of halogens is 1. The van der Waals surface area contributed by atoms with Crippen molar-refractivity contribution in [2.45, 2.75) is 32.2 Å². The molecule has 22 heavy (non-hydrogen) atoms. The minimum Gasteiger partial charge on any atom is -0.493 e. The molecule has 0 aliphatic carbocycles. The van der Waals surface area contributed by atoms with Crippen LogP contribution in [-0.2, 0) is 4.79 Å². The maximum absolute atomic E-state index is 11.2. The summed E-state index contributed by atoms with van der Waals surface area (Å²) in [5, 5.41) is 13.0. The monoisotopic (exact) mass is 327 g/mol. The van der Waals surface area contributed by atoms with Crippen molar-refractivity contribution in [3.05, 3.63) is 22.2 Å². The summed E-state index contributed by atoms with van der Waals surface area (Å²) in [7, 11) is 3.18. The number of hydrogen-bond donors (Lipinski definition) is 2. The van der Waals surface area contributed by atoms with E-state index in [1.54, 1.807) is 20.3 Å². The molecule has 5 nitrogen and oxygen atoms in total. The van der Waals surface area contributed by atoms with Gasteiger partial charge < -0.3 is 19.9 Å². The minimum atomic E-state index is -0.780. The Balaban J connectivity index is 2.53. The smallest absolute Gasteiger partial charge is 0.307 e. The van der Waals surface area contributed by atoms with Crippen LogP contribution in [0.15, 0.2) is 6.07 Å². The fraction of sp³-hybridized carbons (Fsp3) is 0.562. The molecule has 1 aliphatic rings. The minimum absolute atomic E-state index is 0.0918. The van der Waals surface area contributed by atoms with Gasteiger partial charge in [0.2, 0.25) is 0 Å². The summed E-state index contributed by atoms with van der Waals surface area (Å²) in [4.78, 5) is 11.2. The molecular formula is C16H22ClNO4. The van der Waals surface area contributed by atoms with Crippen LogP contribution < -0.4 is 14.8 Å². The number of methoxy groups -OCH3 is 2. The zero-order valence-electron chi connectivity index (χ0n) is 13.3. The van der Waals surface area contributed by atoms with Crippen LogP contribution in [0.4, 0.5) is 0 Å². The number of rotatable bonds is 5. The SMILES string of the molecule is COc1cc(Cl)c(C2CC(C(=O)O)CN2)c(C(C)C)c1OC. The zero-order valence-corrected chi connectivity index (χ0v) is 14.0. The fourth-order valence-electron chi connectivity index (χ4n) is 3.08. The van der Waals surface area contributed by atoms with E-state index in [1.165, 1.54) is 0 Å². The number of ether oxygens (including phenoxy) is 2. The predicted molar refractivity (Wildman–Crippen MR) is 85.1 cm³/mol. The molecule has 0 saturated carbocycles. The van der Waals surface area contributed by atoms with Gasteiger partial charge in [-0.2, -0.15) is 0 Å². The highest BCUT2D eigenvalue weighted by atomic mass is 35.5. The fourth-order valence-corrected chi connectivity index (χ4v) is 3.41. The Hall–Kier alpha value is -1.46. The van der Waals surface area contributed by atoms with E-state index in [4.69, 9.17) is 21.1 Å². The van der Waals surface area contributed by atoms with E-state index in [-0.39, 0.29) is 12.0 Å². The summed E-state index contributed by atoms with van der Waals surface area (Å²) < 4.78 is 10.9. The van der Waals surface area contributed by atoms with Crippen LogP contribution in [0, 0.1) is 5.92 Å². The summed E-state index contributed by atoms with van der Waals surface area (Å²) in [6.45, 7) is 4.56. The van der Waals surface area contributed by atoms with Gasteiger partial charge in [-0.15, -0.1) is 0 Å². The van der Waals surface area contributed by atoms with Crippen LogP contribution in [-0.4, -0.2) is 31.8 Å². The van der Waals surface area contributed by atoms with Gasteiger partial charge in [-0.25, -0.2) is 0 Å². The van der Waals surface area contributed by atoms with E-state index in [0.29, 0.717) is 29.5 Å². The first-order valence-electron chi connectivity index (χ1n) is 7.31. The van der Waals surface area contributed by atoms with E-state index in [0.717, 1.165) is 11.1 Å². The van der Waals surface area contributed by atoms with Crippen molar-refractivity contribution in [1.29, 1.82) is 0 Å². The van der Waals surface area contributed by atoms with Gasteiger partial charge in [0.15, 0.2) is 11.5 Å². The highest BCUT2D eigenvalue weighted by Crippen LogP contribution is 2.46. The molecule has 1 fully saturated rings. The standard InChI is InChI=1S/C16H22ClNO4/c1-8(2)13-14(11-5-9(7-18-11)16(19)20)10(17)6-12(21-3)15(13)22-4/h6,8-9,11,18H,5,7H2,1-4H3,(H,19,20). The van der Waals surface area contributed by atoms with Gasteiger partial charge in [0.25, 0.3) is 0 Å². The normalized spacial score (nSPS) is 21.2. The van der Waals surface area contributed by atoms with Crippen LogP contribution in [0.1, 0.15) is 43.4 Å². The average Bonchev–Trinajstić information content (AvgIpc) is 2.95. The molecule has 2 rings (SSSR count). The van der Waals surface area contributed by atoms with Gasteiger partial charge in [-0.05, 0) is 17.9 Å². The van der Waals surface area contributed by atoms with Crippen molar-refractivity contribution in [3.63, 3.8) is 0 Å². The van der Waals surface area contributed by atoms with Crippen LogP contribution >= 0.6 is 11.6 Å². The molecule has 122 valence electrons. The maximum Gasteiger partial charge on any atom is 0.307 e. The van der Waals surface area contributed by atoms with Gasteiger partial charge in [0, 0.05) is 29.2 Å². The Kier molecular flexibility index (Phi) is 5.19. The average molecular weight is 328 g/mol. The van der Waals surface area contributed by atoms with Gasteiger partial charge in [0.1, 0.15) is 0 Å². The lowest BCUT2D eigenvalue weighted by atomic mass is 9.89. The van der Waals surface area contributed by atoms with Crippen LogP contribution in [0.3, 0.4) is 0 Å². The van der Waals surface area contributed by atoms with Crippen molar-refractivity contribution >= 4 is 17.6 Å². The molecule has 1 aromatic rings. The number of aliphatic carboxylic acids is 1. The van der Waals surface area contributed by atoms with Gasteiger partial charge in [0.05, 0.1) is 20.1 Å². The molecule has 0 radical (unpaired) electrons. The van der Waals surface area contributed by atoms with Crippen molar-refractivity contribution < 1.29 is 19.4 Å². The predicted octanol–water partition coefficient (Wildman–Crippen LogP) is 3.22. The molecule has 1 aliphatic heterocycles. The van der Waals surface area contributed by atoms with Crippen LogP contribution in [0.25, 0.3) is 0 Å². The highest BCUT2D eigenvalue weighted by Gasteiger charge is 2.34. The Morgan fingerprint density at radius 1 is 1.41 bits per heavy atom.